The summed E-state index contributed by atoms with van der Waals surface area (Å²) >= 11 is 0. The van der Waals surface area contributed by atoms with Crippen molar-refractivity contribution < 1.29 is 17.7 Å². The summed E-state index contributed by atoms with van der Waals surface area (Å²) < 4.78 is 31.0. The largest absolute Gasteiger partial charge is 0.339 e. The SMILES string of the molecule is CC(C)CCNC(=O)N1CC(N(CCc2noc(C3CC3)n2)S(C)(=O)=O)C1. The van der Waals surface area contributed by atoms with E-state index in [1.165, 1.54) is 10.6 Å². The topological polar surface area (TPSA) is 109 Å². The van der Waals surface area contributed by atoms with Gasteiger partial charge in [0.1, 0.15) is 0 Å². The van der Waals surface area contributed by atoms with Gasteiger partial charge in [-0.25, -0.2) is 13.2 Å². The molecule has 1 N–H and O–H groups in total. The van der Waals surface area contributed by atoms with Crippen LogP contribution in [0.2, 0.25) is 0 Å². The van der Waals surface area contributed by atoms with Crippen LogP contribution in [0.4, 0.5) is 4.79 Å². The van der Waals surface area contributed by atoms with E-state index in [0.29, 0.717) is 49.6 Å². The monoisotopic (exact) mass is 399 g/mol. The zero-order chi connectivity index (χ0) is 19.6. The van der Waals surface area contributed by atoms with E-state index >= 15 is 0 Å². The van der Waals surface area contributed by atoms with Gasteiger partial charge in [0.2, 0.25) is 15.9 Å². The number of hydrogen-bond acceptors (Lipinski definition) is 6. The molecule has 0 radical (unpaired) electrons. The first-order chi connectivity index (χ1) is 12.7. The van der Waals surface area contributed by atoms with Crippen molar-refractivity contribution in [3.05, 3.63) is 11.7 Å². The Balaban J connectivity index is 1.48. The number of aromatic nitrogens is 2. The van der Waals surface area contributed by atoms with E-state index in [2.05, 4.69) is 29.3 Å². The average Bonchev–Trinajstić information content (AvgIpc) is 3.26. The molecule has 2 heterocycles. The molecule has 27 heavy (non-hydrogen) atoms. The number of rotatable bonds is 9. The molecule has 1 aliphatic heterocycles. The van der Waals surface area contributed by atoms with Crippen LogP contribution in [0.5, 0.6) is 0 Å². The molecule has 1 aliphatic carbocycles. The summed E-state index contributed by atoms with van der Waals surface area (Å²) in [7, 11) is -3.38. The highest BCUT2D eigenvalue weighted by molar-refractivity contribution is 7.88. The standard InChI is InChI=1S/C17H29N5O4S/c1-12(2)6-8-18-17(23)21-10-14(11-21)22(27(3,24)25)9-7-15-19-16(26-20-15)13-4-5-13/h12-14H,4-11H2,1-3H3,(H,18,23). The zero-order valence-electron chi connectivity index (χ0n) is 16.2. The van der Waals surface area contributed by atoms with Crippen molar-refractivity contribution in [2.24, 2.45) is 5.92 Å². The van der Waals surface area contributed by atoms with E-state index in [9.17, 15) is 13.2 Å². The van der Waals surface area contributed by atoms with Crippen LogP contribution in [0.15, 0.2) is 4.52 Å². The fourth-order valence-electron chi connectivity index (χ4n) is 3.08. The van der Waals surface area contributed by atoms with Gasteiger partial charge >= 0.3 is 6.03 Å². The molecular formula is C17H29N5O4S. The Kier molecular flexibility index (Phi) is 6.05. The third-order valence-corrected chi connectivity index (χ3v) is 6.28. The number of sulfonamides is 1. The lowest BCUT2D eigenvalue weighted by Gasteiger charge is -2.44. The maximum atomic E-state index is 12.2. The highest BCUT2D eigenvalue weighted by Gasteiger charge is 2.38. The summed E-state index contributed by atoms with van der Waals surface area (Å²) in [6.07, 6.45) is 4.68. The van der Waals surface area contributed by atoms with Crippen LogP contribution in [-0.2, 0) is 16.4 Å². The highest BCUT2D eigenvalue weighted by atomic mass is 32.2. The predicted molar refractivity (Wildman–Crippen MR) is 99.7 cm³/mol. The second-order valence-corrected chi connectivity index (χ2v) is 9.86. The Labute approximate surface area is 160 Å². The molecule has 0 bridgehead atoms. The summed E-state index contributed by atoms with van der Waals surface area (Å²) in [5, 5.41) is 6.82. The Bertz CT molecular complexity index is 753. The lowest BCUT2D eigenvalue weighted by molar-refractivity contribution is 0.101. The summed E-state index contributed by atoms with van der Waals surface area (Å²) in [4.78, 5) is 18.1. The number of carbonyl (C=O) groups excluding carboxylic acids is 1. The minimum Gasteiger partial charge on any atom is -0.339 e. The van der Waals surface area contributed by atoms with Crippen LogP contribution >= 0.6 is 0 Å². The molecule has 2 amide bonds. The maximum absolute atomic E-state index is 12.2. The minimum absolute atomic E-state index is 0.132. The number of nitrogens with one attached hydrogen (secondary N) is 1. The quantitative estimate of drug-likeness (QED) is 0.668. The van der Waals surface area contributed by atoms with Gasteiger partial charge in [-0.1, -0.05) is 19.0 Å². The molecule has 1 aromatic rings. The minimum atomic E-state index is -3.38. The molecule has 1 aromatic heterocycles. The molecule has 9 nitrogen and oxygen atoms in total. The smallest absolute Gasteiger partial charge is 0.317 e. The number of amides is 2. The van der Waals surface area contributed by atoms with Crippen molar-refractivity contribution in [1.29, 1.82) is 0 Å². The Morgan fingerprint density at radius 3 is 2.67 bits per heavy atom. The van der Waals surface area contributed by atoms with Crippen molar-refractivity contribution in [3.8, 4) is 0 Å². The molecule has 2 fully saturated rings. The first-order valence-electron chi connectivity index (χ1n) is 9.56. The van der Waals surface area contributed by atoms with E-state index in [1.54, 1.807) is 4.90 Å². The number of hydrogen-bond donors (Lipinski definition) is 1. The Morgan fingerprint density at radius 2 is 2.07 bits per heavy atom. The molecule has 1 saturated carbocycles. The van der Waals surface area contributed by atoms with E-state index in [-0.39, 0.29) is 18.6 Å². The number of likely N-dealkylation sites (tertiary alicyclic amines) is 1. The van der Waals surface area contributed by atoms with Crippen LogP contribution in [0, 0.1) is 5.92 Å². The predicted octanol–water partition coefficient (Wildman–Crippen LogP) is 1.19. The molecule has 0 aromatic carbocycles. The summed E-state index contributed by atoms with van der Waals surface area (Å²) in [5.41, 5.74) is 0. The second kappa shape index (κ2) is 8.14. The molecule has 0 unspecified atom stereocenters. The van der Waals surface area contributed by atoms with Gasteiger partial charge in [0, 0.05) is 38.5 Å². The summed E-state index contributed by atoms with van der Waals surface area (Å²) in [5.74, 6) is 2.10. The van der Waals surface area contributed by atoms with Gasteiger partial charge in [-0.05, 0) is 25.2 Å². The third kappa shape index (κ3) is 5.41. The zero-order valence-corrected chi connectivity index (χ0v) is 17.0. The normalized spacial score (nSPS) is 18.2. The van der Waals surface area contributed by atoms with Crippen molar-refractivity contribution in [1.82, 2.24) is 24.7 Å². The molecular weight excluding hydrogens is 370 g/mol. The van der Waals surface area contributed by atoms with Crippen LogP contribution in [0.3, 0.4) is 0 Å². The maximum Gasteiger partial charge on any atom is 0.317 e. The fourth-order valence-corrected chi connectivity index (χ4v) is 4.18. The van der Waals surface area contributed by atoms with Gasteiger partial charge in [0.05, 0.1) is 12.3 Å². The lowest BCUT2D eigenvalue weighted by atomic mass is 10.1. The van der Waals surface area contributed by atoms with Crippen molar-refractivity contribution in [2.75, 3.05) is 32.4 Å². The van der Waals surface area contributed by atoms with Crippen LogP contribution < -0.4 is 5.32 Å². The molecule has 2 aliphatic rings. The highest BCUT2D eigenvalue weighted by Crippen LogP contribution is 2.38. The van der Waals surface area contributed by atoms with Crippen LogP contribution in [-0.4, -0.2) is 72.3 Å². The van der Waals surface area contributed by atoms with Crippen molar-refractivity contribution >= 4 is 16.1 Å². The lowest BCUT2D eigenvalue weighted by Crippen LogP contribution is -2.64. The second-order valence-electron chi connectivity index (χ2n) is 7.92. The summed E-state index contributed by atoms with van der Waals surface area (Å²) in [6.45, 7) is 5.94. The van der Waals surface area contributed by atoms with E-state index in [1.807, 2.05) is 0 Å². The van der Waals surface area contributed by atoms with Gasteiger partial charge < -0.3 is 14.7 Å². The molecule has 1 saturated heterocycles. The van der Waals surface area contributed by atoms with E-state index < -0.39 is 10.0 Å². The number of urea groups is 1. The molecule has 3 rings (SSSR count). The van der Waals surface area contributed by atoms with E-state index in [0.717, 1.165) is 19.3 Å². The number of carbonyl (C=O) groups is 1. The third-order valence-electron chi connectivity index (χ3n) is 4.95. The van der Waals surface area contributed by atoms with Crippen LogP contribution in [0.25, 0.3) is 0 Å². The molecule has 0 atom stereocenters. The van der Waals surface area contributed by atoms with Gasteiger partial charge in [0.15, 0.2) is 5.82 Å². The first kappa shape index (κ1) is 20.1. The average molecular weight is 400 g/mol. The Morgan fingerprint density at radius 1 is 1.37 bits per heavy atom. The van der Waals surface area contributed by atoms with Crippen molar-refractivity contribution in [3.63, 3.8) is 0 Å². The summed E-state index contributed by atoms with van der Waals surface area (Å²) in [6, 6.07) is -0.335. The fraction of sp³-hybridized carbons (Fsp3) is 0.824. The van der Waals surface area contributed by atoms with Gasteiger partial charge in [-0.15, -0.1) is 0 Å². The molecule has 152 valence electrons. The first-order valence-corrected chi connectivity index (χ1v) is 11.4. The van der Waals surface area contributed by atoms with E-state index in [4.69, 9.17) is 4.52 Å². The van der Waals surface area contributed by atoms with Crippen molar-refractivity contribution in [2.45, 2.75) is 51.5 Å². The number of nitrogens with zero attached hydrogens (tertiary/aromatic N) is 4. The molecule has 0 spiro atoms. The van der Waals surface area contributed by atoms with Crippen LogP contribution in [0.1, 0.15) is 50.7 Å². The van der Waals surface area contributed by atoms with Gasteiger partial charge in [-0.3, -0.25) is 0 Å². The van der Waals surface area contributed by atoms with Gasteiger partial charge in [-0.2, -0.15) is 9.29 Å². The Hall–Kier alpha value is -1.68. The molecule has 10 heteroatoms. The van der Waals surface area contributed by atoms with Gasteiger partial charge in [0.25, 0.3) is 0 Å².